The highest BCUT2D eigenvalue weighted by Crippen LogP contribution is 2.28. The molecule has 2 aromatic rings. The van der Waals surface area contributed by atoms with Crippen LogP contribution in [0.4, 0.5) is 0 Å². The van der Waals surface area contributed by atoms with Crippen molar-refractivity contribution < 1.29 is 9.90 Å². The standard InChI is InChI=1S/C15H19N3O2/c1-16-13(15(19)20)4-11-8-18(2)14-5-10-7-17-6-9(10)3-12(11)14/h3,5,8,13,16-17H,4,6-7H2,1-2H3,(H,19,20). The van der Waals surface area contributed by atoms with Crippen molar-refractivity contribution in [3.63, 3.8) is 0 Å². The van der Waals surface area contributed by atoms with Gasteiger partial charge in [0.25, 0.3) is 0 Å². The molecular formula is C15H19N3O2. The van der Waals surface area contributed by atoms with E-state index in [0.717, 1.165) is 24.0 Å². The second-order valence-corrected chi connectivity index (χ2v) is 5.39. The van der Waals surface area contributed by atoms with Crippen LogP contribution >= 0.6 is 0 Å². The van der Waals surface area contributed by atoms with Crippen molar-refractivity contribution in [2.45, 2.75) is 25.6 Å². The molecule has 0 fully saturated rings. The van der Waals surface area contributed by atoms with E-state index in [0.29, 0.717) is 6.42 Å². The fourth-order valence-corrected chi connectivity index (χ4v) is 2.95. The number of benzene rings is 1. The molecular weight excluding hydrogens is 254 g/mol. The Hall–Kier alpha value is -1.85. The van der Waals surface area contributed by atoms with Crippen molar-refractivity contribution in [3.8, 4) is 0 Å². The molecule has 1 atom stereocenters. The SMILES string of the molecule is CNC(Cc1cn(C)c2cc3c(cc12)CNC3)C(=O)O. The number of aromatic nitrogens is 1. The normalized spacial score (nSPS) is 15.5. The zero-order valence-electron chi connectivity index (χ0n) is 11.7. The van der Waals surface area contributed by atoms with Gasteiger partial charge in [-0.15, -0.1) is 0 Å². The van der Waals surface area contributed by atoms with E-state index >= 15 is 0 Å². The summed E-state index contributed by atoms with van der Waals surface area (Å²) in [6.45, 7) is 1.81. The van der Waals surface area contributed by atoms with Crippen LogP contribution in [0, 0.1) is 0 Å². The Bertz CT molecular complexity index is 675. The largest absolute Gasteiger partial charge is 0.480 e. The van der Waals surface area contributed by atoms with E-state index in [9.17, 15) is 9.90 Å². The van der Waals surface area contributed by atoms with Crippen LogP contribution < -0.4 is 10.6 Å². The van der Waals surface area contributed by atoms with E-state index in [1.807, 2.05) is 13.2 Å². The average Bonchev–Trinajstić information content (AvgIpc) is 2.98. The molecule has 1 aromatic heterocycles. The van der Waals surface area contributed by atoms with E-state index in [1.54, 1.807) is 7.05 Å². The van der Waals surface area contributed by atoms with Gasteiger partial charge in [-0.2, -0.15) is 0 Å². The number of nitrogens with one attached hydrogen (secondary N) is 2. The number of rotatable bonds is 4. The van der Waals surface area contributed by atoms with E-state index < -0.39 is 12.0 Å². The second-order valence-electron chi connectivity index (χ2n) is 5.39. The summed E-state index contributed by atoms with van der Waals surface area (Å²) in [5.74, 6) is -0.813. The second kappa shape index (κ2) is 4.92. The smallest absolute Gasteiger partial charge is 0.321 e. The maximum absolute atomic E-state index is 11.2. The van der Waals surface area contributed by atoms with Crippen LogP contribution in [-0.4, -0.2) is 28.7 Å². The van der Waals surface area contributed by atoms with Crippen molar-refractivity contribution in [2.24, 2.45) is 7.05 Å². The van der Waals surface area contributed by atoms with Gasteiger partial charge in [0, 0.05) is 43.7 Å². The highest BCUT2D eigenvalue weighted by molar-refractivity contribution is 5.86. The molecule has 0 spiro atoms. The zero-order chi connectivity index (χ0) is 14.3. The van der Waals surface area contributed by atoms with Crippen molar-refractivity contribution in [2.75, 3.05) is 7.05 Å². The van der Waals surface area contributed by atoms with Crippen molar-refractivity contribution in [1.82, 2.24) is 15.2 Å². The number of hydrogen-bond donors (Lipinski definition) is 3. The van der Waals surface area contributed by atoms with E-state index in [1.165, 1.54) is 16.6 Å². The third-order valence-corrected chi connectivity index (χ3v) is 4.09. The van der Waals surface area contributed by atoms with Gasteiger partial charge in [0.15, 0.2) is 0 Å². The molecule has 1 aliphatic heterocycles. The molecule has 3 rings (SSSR count). The lowest BCUT2D eigenvalue weighted by molar-refractivity contribution is -0.139. The Labute approximate surface area is 117 Å². The first-order valence-corrected chi connectivity index (χ1v) is 6.80. The summed E-state index contributed by atoms with van der Waals surface area (Å²) in [7, 11) is 3.70. The Kier molecular flexibility index (Phi) is 3.23. The predicted octanol–water partition coefficient (Wildman–Crippen LogP) is 0.997. The highest BCUT2D eigenvalue weighted by Gasteiger charge is 2.20. The van der Waals surface area contributed by atoms with Gasteiger partial charge >= 0.3 is 5.97 Å². The Morgan fingerprint density at radius 3 is 2.80 bits per heavy atom. The zero-order valence-corrected chi connectivity index (χ0v) is 11.7. The lowest BCUT2D eigenvalue weighted by Gasteiger charge is -2.10. The van der Waals surface area contributed by atoms with Crippen molar-refractivity contribution >= 4 is 16.9 Å². The summed E-state index contributed by atoms with van der Waals surface area (Å²) in [5.41, 5.74) is 4.91. The van der Waals surface area contributed by atoms with Gasteiger partial charge in [-0.25, -0.2) is 0 Å². The predicted molar refractivity (Wildman–Crippen MR) is 77.7 cm³/mol. The molecule has 106 valence electrons. The molecule has 5 heteroatoms. The number of carbonyl (C=O) groups is 1. The number of hydrogen-bond acceptors (Lipinski definition) is 3. The van der Waals surface area contributed by atoms with Gasteiger partial charge in [-0.05, 0) is 35.9 Å². The summed E-state index contributed by atoms with van der Waals surface area (Å²) in [6.07, 6.45) is 2.54. The Balaban J connectivity index is 2.05. The Morgan fingerprint density at radius 2 is 2.15 bits per heavy atom. The summed E-state index contributed by atoms with van der Waals surface area (Å²) < 4.78 is 2.08. The lowest BCUT2D eigenvalue weighted by Crippen LogP contribution is -2.35. The average molecular weight is 273 g/mol. The molecule has 2 heterocycles. The molecule has 0 amide bonds. The van der Waals surface area contributed by atoms with Gasteiger partial charge in [0.2, 0.25) is 0 Å². The molecule has 0 saturated heterocycles. The Morgan fingerprint density at radius 1 is 1.45 bits per heavy atom. The third-order valence-electron chi connectivity index (χ3n) is 4.09. The van der Waals surface area contributed by atoms with Crippen molar-refractivity contribution in [3.05, 3.63) is 35.0 Å². The fraction of sp³-hybridized carbons (Fsp3) is 0.400. The molecule has 0 radical (unpaired) electrons. The van der Waals surface area contributed by atoms with Crippen LogP contribution in [0.2, 0.25) is 0 Å². The molecule has 20 heavy (non-hydrogen) atoms. The van der Waals surface area contributed by atoms with Crippen LogP contribution in [0.3, 0.4) is 0 Å². The molecule has 5 nitrogen and oxygen atoms in total. The molecule has 0 aliphatic carbocycles. The monoisotopic (exact) mass is 273 g/mol. The van der Waals surface area contributed by atoms with Crippen LogP contribution in [-0.2, 0) is 31.4 Å². The van der Waals surface area contributed by atoms with Gasteiger partial charge < -0.3 is 20.3 Å². The summed E-state index contributed by atoms with van der Waals surface area (Å²) in [4.78, 5) is 11.2. The van der Waals surface area contributed by atoms with E-state index in [2.05, 4.69) is 27.3 Å². The molecule has 1 aliphatic rings. The van der Waals surface area contributed by atoms with Gasteiger partial charge in [0.1, 0.15) is 6.04 Å². The summed E-state index contributed by atoms with van der Waals surface area (Å²) in [5, 5.41) is 16.6. The number of carboxylic acids is 1. The van der Waals surface area contributed by atoms with Crippen molar-refractivity contribution in [1.29, 1.82) is 0 Å². The topological polar surface area (TPSA) is 66.3 Å². The molecule has 0 bridgehead atoms. The maximum atomic E-state index is 11.2. The number of fused-ring (bicyclic) bond motifs is 2. The number of nitrogens with zero attached hydrogens (tertiary/aromatic N) is 1. The number of aryl methyl sites for hydroxylation is 1. The van der Waals surface area contributed by atoms with Crippen LogP contribution in [0.15, 0.2) is 18.3 Å². The summed E-state index contributed by atoms with van der Waals surface area (Å²) >= 11 is 0. The number of carboxylic acid groups (broad SMARTS) is 1. The molecule has 1 unspecified atom stereocenters. The minimum Gasteiger partial charge on any atom is -0.480 e. The van der Waals surface area contributed by atoms with Crippen LogP contribution in [0.25, 0.3) is 10.9 Å². The van der Waals surface area contributed by atoms with Crippen LogP contribution in [0.5, 0.6) is 0 Å². The highest BCUT2D eigenvalue weighted by atomic mass is 16.4. The quantitative estimate of drug-likeness (QED) is 0.777. The first-order valence-electron chi connectivity index (χ1n) is 6.80. The maximum Gasteiger partial charge on any atom is 0.321 e. The van der Waals surface area contributed by atoms with Crippen LogP contribution in [0.1, 0.15) is 16.7 Å². The minimum atomic E-state index is -0.813. The number of aliphatic carboxylic acids is 1. The molecule has 0 saturated carbocycles. The first kappa shape index (κ1) is 13.1. The first-order chi connectivity index (χ1) is 9.60. The fourth-order valence-electron chi connectivity index (χ4n) is 2.95. The molecule has 3 N–H and O–H groups in total. The van der Waals surface area contributed by atoms with E-state index in [4.69, 9.17) is 0 Å². The van der Waals surface area contributed by atoms with Gasteiger partial charge in [-0.1, -0.05) is 0 Å². The lowest BCUT2D eigenvalue weighted by atomic mass is 10.0. The van der Waals surface area contributed by atoms with Gasteiger partial charge in [-0.3, -0.25) is 4.79 Å². The van der Waals surface area contributed by atoms with Gasteiger partial charge in [0.05, 0.1) is 0 Å². The number of likely N-dealkylation sites (N-methyl/N-ethyl adjacent to an activating group) is 1. The molecule has 1 aromatic carbocycles. The third kappa shape index (κ3) is 2.09. The van der Waals surface area contributed by atoms with E-state index in [-0.39, 0.29) is 0 Å². The minimum absolute atomic E-state index is 0.495. The summed E-state index contributed by atoms with van der Waals surface area (Å²) in [6, 6.07) is 3.87.